The smallest absolute Gasteiger partial charge is 0.407 e. The summed E-state index contributed by atoms with van der Waals surface area (Å²) in [6.07, 6.45) is 0.150. The first-order valence-corrected chi connectivity index (χ1v) is 6.91. The maximum atomic E-state index is 11.4. The summed E-state index contributed by atoms with van der Waals surface area (Å²) in [5.41, 5.74) is 1.53. The van der Waals surface area contributed by atoms with Crippen LogP contribution < -0.4 is 10.1 Å². The Morgan fingerprint density at radius 2 is 2.00 bits per heavy atom. The number of carbonyl (C=O) groups excluding carboxylic acids is 1. The van der Waals surface area contributed by atoms with Crippen LogP contribution in [-0.2, 0) is 4.74 Å². The molecule has 0 aliphatic rings. The fraction of sp³-hybridized carbons (Fsp3) is 0.471. The van der Waals surface area contributed by atoms with Gasteiger partial charge in [-0.15, -0.1) is 0 Å². The van der Waals surface area contributed by atoms with E-state index in [1.54, 1.807) is 7.11 Å². The van der Waals surface area contributed by atoms with Gasteiger partial charge in [0.05, 0.1) is 7.11 Å². The normalized spacial score (nSPS) is 10.3. The minimum Gasteiger partial charge on any atom is -0.497 e. The quantitative estimate of drug-likeness (QED) is 0.686. The number of benzene rings is 1. The molecule has 0 unspecified atom stereocenters. The van der Waals surface area contributed by atoms with Crippen molar-refractivity contribution in [2.45, 2.75) is 39.7 Å². The molecular formula is C17H23NO3. The fourth-order valence-corrected chi connectivity index (χ4v) is 1.64. The highest BCUT2D eigenvalue weighted by atomic mass is 16.6. The predicted octanol–water partition coefficient (Wildman–Crippen LogP) is 3.27. The van der Waals surface area contributed by atoms with Gasteiger partial charge < -0.3 is 14.8 Å². The molecule has 0 spiro atoms. The van der Waals surface area contributed by atoms with Gasteiger partial charge in [0.25, 0.3) is 0 Å². The average molecular weight is 289 g/mol. The van der Waals surface area contributed by atoms with Crippen LogP contribution in [0.4, 0.5) is 4.79 Å². The van der Waals surface area contributed by atoms with E-state index in [9.17, 15) is 4.79 Å². The van der Waals surface area contributed by atoms with E-state index in [0.717, 1.165) is 16.9 Å². The van der Waals surface area contributed by atoms with E-state index in [-0.39, 0.29) is 0 Å². The first-order valence-electron chi connectivity index (χ1n) is 6.91. The highest BCUT2D eigenvalue weighted by molar-refractivity contribution is 5.67. The Balaban J connectivity index is 2.43. The molecule has 1 amide bonds. The Bertz CT molecular complexity index is 547. The second kappa shape index (κ2) is 7.58. The Labute approximate surface area is 126 Å². The third-order valence-corrected chi connectivity index (χ3v) is 2.44. The number of nitrogens with one attached hydrogen (secondary N) is 1. The number of ether oxygens (including phenoxy) is 2. The molecule has 4 nitrogen and oxygen atoms in total. The van der Waals surface area contributed by atoms with Crippen molar-refractivity contribution in [1.82, 2.24) is 5.32 Å². The van der Waals surface area contributed by atoms with Crippen molar-refractivity contribution < 1.29 is 14.3 Å². The molecule has 0 saturated heterocycles. The van der Waals surface area contributed by atoms with Crippen LogP contribution in [0.3, 0.4) is 0 Å². The number of aryl methyl sites for hydroxylation is 1. The summed E-state index contributed by atoms with van der Waals surface area (Å²) in [7, 11) is 1.64. The molecule has 0 radical (unpaired) electrons. The largest absolute Gasteiger partial charge is 0.497 e. The molecule has 114 valence electrons. The lowest BCUT2D eigenvalue weighted by molar-refractivity contribution is 0.0529. The number of rotatable bonds is 3. The molecule has 1 N–H and O–H groups in total. The van der Waals surface area contributed by atoms with Crippen LogP contribution in [0, 0.1) is 18.8 Å². The molecule has 0 saturated carbocycles. The topological polar surface area (TPSA) is 47.6 Å². The van der Waals surface area contributed by atoms with Gasteiger partial charge in [0, 0.05) is 18.5 Å². The van der Waals surface area contributed by atoms with Crippen LogP contribution in [0.1, 0.15) is 38.3 Å². The molecule has 1 aromatic rings. The van der Waals surface area contributed by atoms with Crippen LogP contribution in [0.25, 0.3) is 0 Å². The molecule has 0 aliphatic carbocycles. The molecule has 21 heavy (non-hydrogen) atoms. The van der Waals surface area contributed by atoms with Crippen molar-refractivity contribution in [2.24, 2.45) is 0 Å². The zero-order valence-corrected chi connectivity index (χ0v) is 13.4. The maximum absolute atomic E-state index is 11.4. The molecule has 0 aromatic heterocycles. The SMILES string of the molecule is COc1cc(C)cc(C#CCCNC(=O)OC(C)(C)C)c1. The third kappa shape index (κ3) is 7.26. The standard InChI is InChI=1S/C17H23NO3/c1-13-10-14(12-15(11-13)20-5)8-6-7-9-18-16(19)21-17(2,3)4/h10-12H,7,9H2,1-5H3,(H,18,19). The molecule has 4 heteroatoms. The zero-order valence-electron chi connectivity index (χ0n) is 13.4. The second-order valence-electron chi connectivity index (χ2n) is 5.72. The van der Waals surface area contributed by atoms with Crippen molar-refractivity contribution in [2.75, 3.05) is 13.7 Å². The summed E-state index contributed by atoms with van der Waals surface area (Å²) < 4.78 is 10.3. The van der Waals surface area contributed by atoms with E-state index in [1.165, 1.54) is 0 Å². The van der Waals surface area contributed by atoms with E-state index in [0.29, 0.717) is 13.0 Å². The lowest BCUT2D eigenvalue weighted by Crippen LogP contribution is -2.32. The van der Waals surface area contributed by atoms with Crippen molar-refractivity contribution in [1.29, 1.82) is 0 Å². The van der Waals surface area contributed by atoms with Gasteiger partial charge in [-0.05, 0) is 51.5 Å². The van der Waals surface area contributed by atoms with E-state index >= 15 is 0 Å². The van der Waals surface area contributed by atoms with Crippen LogP contribution >= 0.6 is 0 Å². The van der Waals surface area contributed by atoms with Gasteiger partial charge in [0.1, 0.15) is 11.4 Å². The number of methoxy groups -OCH3 is 1. The van der Waals surface area contributed by atoms with Crippen molar-refractivity contribution in [3.8, 4) is 17.6 Å². The van der Waals surface area contributed by atoms with Gasteiger partial charge in [-0.3, -0.25) is 0 Å². The molecule has 0 atom stereocenters. The summed E-state index contributed by atoms with van der Waals surface area (Å²) in [5.74, 6) is 6.88. The highest BCUT2D eigenvalue weighted by Crippen LogP contribution is 2.15. The van der Waals surface area contributed by atoms with Gasteiger partial charge in [-0.1, -0.05) is 11.8 Å². The number of hydrogen-bond donors (Lipinski definition) is 1. The van der Waals surface area contributed by atoms with Gasteiger partial charge in [0.2, 0.25) is 0 Å². The van der Waals surface area contributed by atoms with E-state index < -0.39 is 11.7 Å². The van der Waals surface area contributed by atoms with Crippen LogP contribution in [0.5, 0.6) is 5.75 Å². The zero-order chi connectivity index (χ0) is 15.9. The van der Waals surface area contributed by atoms with Gasteiger partial charge in [-0.2, -0.15) is 0 Å². The summed E-state index contributed by atoms with van der Waals surface area (Å²) in [6, 6.07) is 5.84. The first-order chi connectivity index (χ1) is 9.80. The van der Waals surface area contributed by atoms with E-state index in [4.69, 9.17) is 9.47 Å². The number of carbonyl (C=O) groups is 1. The lowest BCUT2D eigenvalue weighted by Gasteiger charge is -2.19. The van der Waals surface area contributed by atoms with E-state index in [1.807, 2.05) is 45.9 Å². The molecule has 1 rings (SSSR count). The van der Waals surface area contributed by atoms with Crippen molar-refractivity contribution in [3.63, 3.8) is 0 Å². The van der Waals surface area contributed by atoms with Gasteiger partial charge in [0.15, 0.2) is 0 Å². The summed E-state index contributed by atoms with van der Waals surface area (Å²) in [4.78, 5) is 11.4. The van der Waals surface area contributed by atoms with Gasteiger partial charge in [-0.25, -0.2) is 4.79 Å². The Kier molecular flexibility index (Phi) is 6.10. The molecular weight excluding hydrogens is 266 g/mol. The van der Waals surface area contributed by atoms with Crippen LogP contribution in [0.2, 0.25) is 0 Å². The maximum Gasteiger partial charge on any atom is 0.407 e. The van der Waals surface area contributed by atoms with Crippen molar-refractivity contribution in [3.05, 3.63) is 29.3 Å². The molecule has 0 bridgehead atoms. The van der Waals surface area contributed by atoms with Crippen LogP contribution in [0.15, 0.2) is 18.2 Å². The number of amides is 1. The summed E-state index contributed by atoms with van der Waals surface area (Å²) in [5, 5.41) is 2.67. The minimum absolute atomic E-state index is 0.415. The Morgan fingerprint density at radius 1 is 1.29 bits per heavy atom. The van der Waals surface area contributed by atoms with Crippen LogP contribution in [-0.4, -0.2) is 25.3 Å². The average Bonchev–Trinajstić information content (AvgIpc) is 2.35. The number of alkyl carbamates (subject to hydrolysis) is 1. The number of hydrogen-bond acceptors (Lipinski definition) is 3. The Hall–Kier alpha value is -2.15. The molecule has 0 fully saturated rings. The minimum atomic E-state index is -0.478. The Morgan fingerprint density at radius 3 is 2.62 bits per heavy atom. The van der Waals surface area contributed by atoms with E-state index in [2.05, 4.69) is 17.2 Å². The third-order valence-electron chi connectivity index (χ3n) is 2.44. The monoisotopic (exact) mass is 289 g/mol. The summed E-state index contributed by atoms with van der Waals surface area (Å²) >= 11 is 0. The predicted molar refractivity (Wildman–Crippen MR) is 83.5 cm³/mol. The molecule has 0 heterocycles. The molecule has 0 aliphatic heterocycles. The molecule has 1 aromatic carbocycles. The lowest BCUT2D eigenvalue weighted by atomic mass is 10.1. The van der Waals surface area contributed by atoms with Crippen molar-refractivity contribution >= 4 is 6.09 Å². The summed E-state index contributed by atoms with van der Waals surface area (Å²) in [6.45, 7) is 7.95. The second-order valence-corrected chi connectivity index (χ2v) is 5.72. The fourth-order valence-electron chi connectivity index (χ4n) is 1.64. The highest BCUT2D eigenvalue weighted by Gasteiger charge is 2.15. The first kappa shape index (κ1) is 16.9. The van der Waals surface area contributed by atoms with Gasteiger partial charge >= 0.3 is 6.09 Å².